The number of para-hydroxylation sites is 1. The average molecular weight is 280 g/mol. The van der Waals surface area contributed by atoms with Crippen LogP contribution >= 0.6 is 0 Å². The first-order valence-electron chi connectivity index (χ1n) is 7.41. The van der Waals surface area contributed by atoms with Crippen LogP contribution in [0.2, 0.25) is 0 Å². The van der Waals surface area contributed by atoms with E-state index in [0.717, 1.165) is 18.5 Å². The lowest BCUT2D eigenvalue weighted by atomic mass is 9.97. The largest absolute Gasteiger partial charge is 0.373 e. The summed E-state index contributed by atoms with van der Waals surface area (Å²) in [6, 6.07) is 16.2. The van der Waals surface area contributed by atoms with Crippen LogP contribution in [0.1, 0.15) is 23.1 Å². The summed E-state index contributed by atoms with van der Waals surface area (Å²) in [5.74, 6) is 0.0766. The Bertz CT molecular complexity index is 651. The summed E-state index contributed by atoms with van der Waals surface area (Å²) < 4.78 is 0. The maximum Gasteiger partial charge on any atom is 0.242 e. The molecule has 3 rings (SSSR count). The molecule has 0 saturated heterocycles. The summed E-state index contributed by atoms with van der Waals surface area (Å²) in [5.41, 5.74) is 4.75. The molecule has 0 saturated carbocycles. The van der Waals surface area contributed by atoms with Gasteiger partial charge in [-0.15, -0.1) is 0 Å². The van der Waals surface area contributed by atoms with Gasteiger partial charge >= 0.3 is 0 Å². The topological polar surface area (TPSA) is 41.1 Å². The lowest BCUT2D eigenvalue weighted by Gasteiger charge is -2.26. The molecule has 0 aromatic heterocycles. The number of anilines is 1. The van der Waals surface area contributed by atoms with E-state index < -0.39 is 0 Å². The molecule has 1 aliphatic heterocycles. The van der Waals surface area contributed by atoms with Crippen LogP contribution in [0.4, 0.5) is 5.69 Å². The van der Waals surface area contributed by atoms with Crippen molar-refractivity contribution in [1.82, 2.24) is 5.32 Å². The highest BCUT2D eigenvalue weighted by Gasteiger charge is 2.23. The SMILES string of the molecule is Cc1ccccc1CNC(=O)C1CCc2ccccc2N1. The Morgan fingerprint density at radius 1 is 1.19 bits per heavy atom. The van der Waals surface area contributed by atoms with Crippen molar-refractivity contribution in [3.63, 3.8) is 0 Å². The molecule has 21 heavy (non-hydrogen) atoms. The first-order chi connectivity index (χ1) is 10.2. The fourth-order valence-electron chi connectivity index (χ4n) is 2.75. The fraction of sp³-hybridized carbons (Fsp3) is 0.278. The molecule has 0 radical (unpaired) electrons. The van der Waals surface area contributed by atoms with Gasteiger partial charge in [0.2, 0.25) is 5.91 Å². The Morgan fingerprint density at radius 2 is 1.95 bits per heavy atom. The van der Waals surface area contributed by atoms with Crippen molar-refractivity contribution in [3.8, 4) is 0 Å². The minimum Gasteiger partial charge on any atom is -0.373 e. The third-order valence-corrected chi connectivity index (χ3v) is 4.08. The number of carbonyl (C=O) groups excluding carboxylic acids is 1. The molecule has 0 fully saturated rings. The highest BCUT2D eigenvalue weighted by Crippen LogP contribution is 2.24. The second-order valence-electron chi connectivity index (χ2n) is 5.54. The lowest BCUT2D eigenvalue weighted by Crippen LogP contribution is -2.41. The van der Waals surface area contributed by atoms with E-state index in [0.29, 0.717) is 6.54 Å². The minimum absolute atomic E-state index is 0.0766. The van der Waals surface area contributed by atoms with Crippen LogP contribution in [0.15, 0.2) is 48.5 Å². The van der Waals surface area contributed by atoms with Crippen molar-refractivity contribution in [3.05, 3.63) is 65.2 Å². The van der Waals surface area contributed by atoms with Crippen molar-refractivity contribution in [2.75, 3.05) is 5.32 Å². The van der Waals surface area contributed by atoms with Gasteiger partial charge in [-0.3, -0.25) is 4.79 Å². The smallest absolute Gasteiger partial charge is 0.242 e. The van der Waals surface area contributed by atoms with E-state index in [1.165, 1.54) is 16.7 Å². The van der Waals surface area contributed by atoms with E-state index >= 15 is 0 Å². The van der Waals surface area contributed by atoms with Crippen molar-refractivity contribution in [2.24, 2.45) is 0 Å². The van der Waals surface area contributed by atoms with E-state index in [-0.39, 0.29) is 11.9 Å². The molecule has 0 bridgehead atoms. The van der Waals surface area contributed by atoms with Crippen LogP contribution in [0.3, 0.4) is 0 Å². The number of benzene rings is 2. The molecule has 0 spiro atoms. The molecule has 1 aliphatic rings. The minimum atomic E-state index is -0.135. The first kappa shape index (κ1) is 13.7. The van der Waals surface area contributed by atoms with Gasteiger partial charge < -0.3 is 10.6 Å². The van der Waals surface area contributed by atoms with Crippen molar-refractivity contribution in [2.45, 2.75) is 32.4 Å². The molecule has 1 heterocycles. The second-order valence-corrected chi connectivity index (χ2v) is 5.54. The van der Waals surface area contributed by atoms with Gasteiger partial charge in [-0.1, -0.05) is 42.5 Å². The molecule has 3 heteroatoms. The number of hydrogen-bond donors (Lipinski definition) is 2. The predicted octanol–water partition coefficient (Wildman–Crippen LogP) is 3.04. The zero-order valence-electron chi connectivity index (χ0n) is 12.2. The number of fused-ring (bicyclic) bond motifs is 1. The third kappa shape index (κ3) is 3.07. The van der Waals surface area contributed by atoms with Crippen LogP contribution in [-0.2, 0) is 17.8 Å². The van der Waals surface area contributed by atoms with E-state index in [9.17, 15) is 4.79 Å². The van der Waals surface area contributed by atoms with Crippen molar-refractivity contribution < 1.29 is 4.79 Å². The molecule has 2 N–H and O–H groups in total. The van der Waals surface area contributed by atoms with E-state index in [1.54, 1.807) is 0 Å². The van der Waals surface area contributed by atoms with Crippen LogP contribution in [-0.4, -0.2) is 11.9 Å². The quantitative estimate of drug-likeness (QED) is 0.907. The van der Waals surface area contributed by atoms with E-state index in [1.807, 2.05) is 30.3 Å². The summed E-state index contributed by atoms with van der Waals surface area (Å²) >= 11 is 0. The van der Waals surface area contributed by atoms with E-state index in [4.69, 9.17) is 0 Å². The molecule has 2 aromatic carbocycles. The maximum atomic E-state index is 12.3. The van der Waals surface area contributed by atoms with Crippen LogP contribution < -0.4 is 10.6 Å². The Hall–Kier alpha value is -2.29. The summed E-state index contributed by atoms with van der Waals surface area (Å²) in [7, 11) is 0. The van der Waals surface area contributed by atoms with Crippen molar-refractivity contribution >= 4 is 11.6 Å². The van der Waals surface area contributed by atoms with Crippen molar-refractivity contribution in [1.29, 1.82) is 0 Å². The van der Waals surface area contributed by atoms with Crippen LogP contribution in [0.5, 0.6) is 0 Å². The molecule has 2 aromatic rings. The summed E-state index contributed by atoms with van der Waals surface area (Å²) in [4.78, 5) is 12.3. The highest BCUT2D eigenvalue weighted by atomic mass is 16.2. The van der Waals surface area contributed by atoms with Gasteiger partial charge in [0, 0.05) is 12.2 Å². The fourth-order valence-corrected chi connectivity index (χ4v) is 2.75. The van der Waals surface area contributed by atoms with Gasteiger partial charge in [-0.05, 0) is 42.5 Å². The molecular formula is C18H20N2O. The van der Waals surface area contributed by atoms with Gasteiger partial charge in [0.15, 0.2) is 0 Å². The Balaban J connectivity index is 1.61. The number of nitrogens with one attached hydrogen (secondary N) is 2. The molecule has 1 amide bonds. The van der Waals surface area contributed by atoms with Crippen LogP contribution in [0, 0.1) is 6.92 Å². The van der Waals surface area contributed by atoms with Gasteiger partial charge in [-0.2, -0.15) is 0 Å². The maximum absolute atomic E-state index is 12.3. The lowest BCUT2D eigenvalue weighted by molar-refractivity contribution is -0.122. The summed E-state index contributed by atoms with van der Waals surface area (Å²) in [6.07, 6.45) is 1.79. The Labute approximate surface area is 125 Å². The van der Waals surface area contributed by atoms with Gasteiger partial charge in [-0.25, -0.2) is 0 Å². The zero-order chi connectivity index (χ0) is 14.7. The second kappa shape index (κ2) is 6.00. The zero-order valence-corrected chi connectivity index (χ0v) is 12.2. The predicted molar refractivity (Wildman–Crippen MR) is 85.2 cm³/mol. The molecule has 1 atom stereocenters. The molecule has 3 nitrogen and oxygen atoms in total. The first-order valence-corrected chi connectivity index (χ1v) is 7.41. The van der Waals surface area contributed by atoms with Crippen LogP contribution in [0.25, 0.3) is 0 Å². The van der Waals surface area contributed by atoms with Gasteiger partial charge in [0.25, 0.3) is 0 Å². The average Bonchev–Trinajstić information content (AvgIpc) is 2.53. The van der Waals surface area contributed by atoms with Gasteiger partial charge in [0.1, 0.15) is 6.04 Å². The molecule has 0 aliphatic carbocycles. The molecule has 108 valence electrons. The Morgan fingerprint density at radius 3 is 2.81 bits per heavy atom. The monoisotopic (exact) mass is 280 g/mol. The summed E-state index contributed by atoms with van der Waals surface area (Å²) in [6.45, 7) is 2.65. The standard InChI is InChI=1S/C18H20N2O/c1-13-6-2-3-8-15(13)12-19-18(21)17-11-10-14-7-4-5-9-16(14)20-17/h2-9,17,20H,10-12H2,1H3,(H,19,21). The molecular weight excluding hydrogens is 260 g/mol. The number of hydrogen-bond acceptors (Lipinski definition) is 2. The van der Waals surface area contributed by atoms with Gasteiger partial charge in [0.05, 0.1) is 0 Å². The number of aryl methyl sites for hydroxylation is 2. The third-order valence-electron chi connectivity index (χ3n) is 4.08. The number of amides is 1. The van der Waals surface area contributed by atoms with E-state index in [2.05, 4.69) is 35.8 Å². The number of rotatable bonds is 3. The Kier molecular flexibility index (Phi) is 3.91. The normalized spacial score (nSPS) is 16.7. The molecule has 1 unspecified atom stereocenters. The summed E-state index contributed by atoms with van der Waals surface area (Å²) in [5, 5.41) is 6.37. The highest BCUT2D eigenvalue weighted by molar-refractivity contribution is 5.85. The number of carbonyl (C=O) groups is 1.